The van der Waals surface area contributed by atoms with Crippen LogP contribution < -0.4 is 5.32 Å². The van der Waals surface area contributed by atoms with Gasteiger partial charge in [-0.05, 0) is 60.4 Å². The highest BCUT2D eigenvalue weighted by Crippen LogP contribution is 2.45. The summed E-state index contributed by atoms with van der Waals surface area (Å²) in [6.45, 7) is -0.603. The van der Waals surface area contributed by atoms with E-state index < -0.39 is 29.7 Å². The fourth-order valence-corrected chi connectivity index (χ4v) is 3.81. The Morgan fingerprint density at radius 2 is 1.78 bits per heavy atom. The number of alkyl halides is 3. The van der Waals surface area contributed by atoms with E-state index in [4.69, 9.17) is 0 Å². The minimum Gasteiger partial charge on any atom is -0.392 e. The van der Waals surface area contributed by atoms with Gasteiger partial charge in [0.2, 0.25) is 5.91 Å². The fraction of sp³-hybridized carbons (Fsp3) is 0.261. The largest absolute Gasteiger partial charge is 0.433 e. The second kappa shape index (κ2) is 8.31. The lowest BCUT2D eigenvalue weighted by Crippen LogP contribution is -2.46. The Balaban J connectivity index is 1.60. The number of carbonyl (C=O) groups is 1. The first-order valence-electron chi connectivity index (χ1n) is 9.94. The third-order valence-electron chi connectivity index (χ3n) is 5.79. The molecule has 1 aliphatic rings. The van der Waals surface area contributed by atoms with Crippen LogP contribution in [0.25, 0.3) is 11.3 Å². The van der Waals surface area contributed by atoms with E-state index in [2.05, 4.69) is 15.3 Å². The molecule has 0 saturated heterocycles. The topological polar surface area (TPSA) is 75.1 Å². The summed E-state index contributed by atoms with van der Waals surface area (Å²) in [5.41, 5.74) is -0.0307. The molecule has 0 radical (unpaired) electrons. The van der Waals surface area contributed by atoms with E-state index in [9.17, 15) is 27.5 Å². The first-order chi connectivity index (χ1) is 15.2. The smallest absolute Gasteiger partial charge is 0.392 e. The number of aromatic nitrogens is 2. The molecular formula is C23H19F4N3O2. The first-order valence-corrected chi connectivity index (χ1v) is 9.94. The van der Waals surface area contributed by atoms with Gasteiger partial charge in [-0.1, -0.05) is 12.5 Å². The molecule has 0 aliphatic heterocycles. The van der Waals surface area contributed by atoms with Crippen molar-refractivity contribution in [1.29, 1.82) is 0 Å². The standard InChI is InChI=1S/C23H19F4N3O2/c24-16-3-5-17(6-4-16)30-21(32)22(8-1-9-22)15-2-7-19(28-11-15)18-12-29-20(23(25,26)27)10-14(18)13-31/h2-7,10-12,31H,1,8-9,13H2,(H,30,32). The van der Waals surface area contributed by atoms with Crippen LogP contribution in [-0.2, 0) is 23.0 Å². The van der Waals surface area contributed by atoms with E-state index in [0.717, 1.165) is 18.7 Å². The maximum atomic E-state index is 13.1. The summed E-state index contributed by atoms with van der Waals surface area (Å²) < 4.78 is 51.8. The Bertz CT molecular complexity index is 1130. The minimum atomic E-state index is -4.62. The predicted molar refractivity (Wildman–Crippen MR) is 109 cm³/mol. The Hall–Kier alpha value is -3.33. The number of hydrogen-bond acceptors (Lipinski definition) is 4. The molecule has 1 aromatic carbocycles. The molecule has 0 atom stereocenters. The van der Waals surface area contributed by atoms with E-state index in [1.165, 1.54) is 30.5 Å². The molecule has 3 aromatic rings. The number of aliphatic hydroxyl groups excluding tert-OH is 1. The molecular weight excluding hydrogens is 426 g/mol. The zero-order valence-corrected chi connectivity index (χ0v) is 16.8. The number of amides is 1. The van der Waals surface area contributed by atoms with Crippen molar-refractivity contribution < 1.29 is 27.5 Å². The number of benzene rings is 1. The van der Waals surface area contributed by atoms with Crippen LogP contribution in [0, 0.1) is 5.82 Å². The van der Waals surface area contributed by atoms with E-state index in [1.807, 2.05) is 0 Å². The van der Waals surface area contributed by atoms with Crippen LogP contribution in [0.4, 0.5) is 23.2 Å². The van der Waals surface area contributed by atoms with Crippen LogP contribution in [0.1, 0.15) is 36.1 Å². The first kappa shape index (κ1) is 21.9. The summed E-state index contributed by atoms with van der Waals surface area (Å²) in [6.07, 6.45) is 0.0359. The number of halogens is 4. The third kappa shape index (κ3) is 4.08. The zero-order valence-electron chi connectivity index (χ0n) is 16.8. The second-order valence-corrected chi connectivity index (χ2v) is 7.71. The van der Waals surface area contributed by atoms with Crippen molar-refractivity contribution in [1.82, 2.24) is 9.97 Å². The van der Waals surface area contributed by atoms with Gasteiger partial charge in [0.1, 0.15) is 11.5 Å². The lowest BCUT2D eigenvalue weighted by Gasteiger charge is -2.40. The van der Waals surface area contributed by atoms with Crippen molar-refractivity contribution in [3.8, 4) is 11.3 Å². The summed E-state index contributed by atoms with van der Waals surface area (Å²) in [5.74, 6) is -0.627. The Morgan fingerprint density at radius 3 is 2.31 bits per heavy atom. The van der Waals surface area contributed by atoms with Gasteiger partial charge in [-0.3, -0.25) is 14.8 Å². The molecule has 0 spiro atoms. The molecule has 166 valence electrons. The summed E-state index contributed by atoms with van der Waals surface area (Å²) >= 11 is 0. The van der Waals surface area contributed by atoms with Crippen molar-refractivity contribution in [3.05, 3.63) is 77.5 Å². The van der Waals surface area contributed by atoms with Gasteiger partial charge < -0.3 is 10.4 Å². The predicted octanol–water partition coefficient (Wildman–Crippen LogP) is 4.85. The van der Waals surface area contributed by atoms with Gasteiger partial charge in [-0.15, -0.1) is 0 Å². The molecule has 2 heterocycles. The quantitative estimate of drug-likeness (QED) is 0.551. The summed E-state index contributed by atoms with van der Waals surface area (Å²) in [6, 6.07) is 9.60. The van der Waals surface area contributed by atoms with Gasteiger partial charge >= 0.3 is 6.18 Å². The SMILES string of the molecule is O=C(Nc1ccc(F)cc1)C1(c2ccc(-c3cnc(C(F)(F)F)cc3CO)nc2)CCC1. The van der Waals surface area contributed by atoms with Gasteiger partial charge in [0.15, 0.2) is 0 Å². The number of anilines is 1. The average molecular weight is 445 g/mol. The monoisotopic (exact) mass is 445 g/mol. The normalized spacial score (nSPS) is 15.2. The van der Waals surface area contributed by atoms with Gasteiger partial charge in [-0.25, -0.2) is 4.39 Å². The second-order valence-electron chi connectivity index (χ2n) is 7.71. The number of rotatable bonds is 5. The average Bonchev–Trinajstić information content (AvgIpc) is 2.74. The zero-order chi connectivity index (χ0) is 22.9. The fourth-order valence-electron chi connectivity index (χ4n) is 3.81. The summed E-state index contributed by atoms with van der Waals surface area (Å²) in [4.78, 5) is 20.8. The van der Waals surface area contributed by atoms with Crippen LogP contribution in [0.15, 0.2) is 54.9 Å². The minimum absolute atomic E-state index is 0.0555. The highest BCUT2D eigenvalue weighted by molar-refractivity contribution is 5.99. The van der Waals surface area contributed by atoms with Crippen LogP contribution in [0.5, 0.6) is 0 Å². The molecule has 1 saturated carbocycles. The van der Waals surface area contributed by atoms with Gasteiger partial charge in [-0.2, -0.15) is 13.2 Å². The highest BCUT2D eigenvalue weighted by Gasteiger charge is 2.46. The molecule has 2 aromatic heterocycles. The number of pyridine rings is 2. The maximum absolute atomic E-state index is 13.1. The number of carbonyl (C=O) groups excluding carboxylic acids is 1. The van der Waals surface area contributed by atoms with E-state index in [-0.39, 0.29) is 17.0 Å². The van der Waals surface area contributed by atoms with Crippen molar-refractivity contribution >= 4 is 11.6 Å². The molecule has 4 rings (SSSR count). The lowest BCUT2D eigenvalue weighted by molar-refractivity contribution is -0.141. The summed E-state index contributed by atoms with van der Waals surface area (Å²) in [5, 5.41) is 12.3. The number of hydrogen-bond donors (Lipinski definition) is 2. The van der Waals surface area contributed by atoms with Crippen molar-refractivity contribution in [2.45, 2.75) is 37.5 Å². The van der Waals surface area contributed by atoms with Crippen molar-refractivity contribution in [2.24, 2.45) is 0 Å². The van der Waals surface area contributed by atoms with Crippen molar-refractivity contribution in [2.75, 3.05) is 5.32 Å². The Kier molecular flexibility index (Phi) is 5.68. The Morgan fingerprint density at radius 1 is 1.06 bits per heavy atom. The molecule has 1 amide bonds. The highest BCUT2D eigenvalue weighted by atomic mass is 19.4. The van der Waals surface area contributed by atoms with Crippen LogP contribution in [-0.4, -0.2) is 21.0 Å². The third-order valence-corrected chi connectivity index (χ3v) is 5.79. The number of nitrogens with one attached hydrogen (secondary N) is 1. The molecule has 32 heavy (non-hydrogen) atoms. The van der Waals surface area contributed by atoms with Gasteiger partial charge in [0.25, 0.3) is 0 Å². The molecule has 2 N–H and O–H groups in total. The van der Waals surface area contributed by atoms with E-state index >= 15 is 0 Å². The molecule has 1 aliphatic carbocycles. The number of nitrogens with zero attached hydrogens (tertiary/aromatic N) is 2. The summed E-state index contributed by atoms with van der Waals surface area (Å²) in [7, 11) is 0. The van der Waals surface area contributed by atoms with Gasteiger partial charge in [0.05, 0.1) is 17.7 Å². The maximum Gasteiger partial charge on any atom is 0.433 e. The molecule has 0 unspecified atom stereocenters. The van der Waals surface area contributed by atoms with E-state index in [0.29, 0.717) is 29.8 Å². The number of aliphatic hydroxyl groups is 1. The lowest BCUT2D eigenvalue weighted by atomic mass is 9.64. The molecule has 5 nitrogen and oxygen atoms in total. The van der Waals surface area contributed by atoms with Crippen LogP contribution >= 0.6 is 0 Å². The van der Waals surface area contributed by atoms with Crippen LogP contribution in [0.2, 0.25) is 0 Å². The molecule has 1 fully saturated rings. The van der Waals surface area contributed by atoms with Crippen molar-refractivity contribution in [3.63, 3.8) is 0 Å². The molecule has 0 bridgehead atoms. The van der Waals surface area contributed by atoms with Gasteiger partial charge in [0, 0.05) is 23.6 Å². The van der Waals surface area contributed by atoms with Crippen LogP contribution in [0.3, 0.4) is 0 Å². The Labute approximate surface area is 181 Å². The van der Waals surface area contributed by atoms with E-state index in [1.54, 1.807) is 12.1 Å². The molecule has 9 heteroatoms.